The topological polar surface area (TPSA) is 86.2 Å². The van der Waals surface area contributed by atoms with E-state index in [0.29, 0.717) is 44.7 Å². The van der Waals surface area contributed by atoms with E-state index in [-0.39, 0.29) is 11.8 Å². The van der Waals surface area contributed by atoms with Crippen molar-refractivity contribution in [1.29, 1.82) is 0 Å². The van der Waals surface area contributed by atoms with E-state index < -0.39 is 16.7 Å². The first kappa shape index (κ1) is 19.3. The van der Waals surface area contributed by atoms with Gasteiger partial charge in [-0.3, -0.25) is 0 Å². The van der Waals surface area contributed by atoms with Gasteiger partial charge in [0, 0.05) is 10.0 Å². The van der Waals surface area contributed by atoms with Crippen LogP contribution < -0.4 is 11.3 Å². The summed E-state index contributed by atoms with van der Waals surface area (Å²) < 4.78 is 11.3. The summed E-state index contributed by atoms with van der Waals surface area (Å²) in [5.74, 6) is 0.428. The molecule has 0 amide bonds. The van der Waals surface area contributed by atoms with E-state index in [9.17, 15) is 9.59 Å². The predicted octanol–water partition coefficient (Wildman–Crippen LogP) is 5.25. The lowest BCUT2D eigenvalue weighted by Gasteiger charge is -2.32. The van der Waals surface area contributed by atoms with Gasteiger partial charge in [0.15, 0.2) is 0 Å². The Morgan fingerprint density at radius 3 is 1.67 bits per heavy atom. The second kappa shape index (κ2) is 7.22. The molecule has 2 aromatic heterocycles. The molecule has 0 atom stereocenters. The van der Waals surface area contributed by atoms with Gasteiger partial charge in [0.1, 0.15) is 5.41 Å². The molecule has 4 aromatic rings. The molecule has 8 heteroatoms. The Labute approximate surface area is 180 Å². The zero-order valence-corrected chi connectivity index (χ0v) is 17.3. The SMILES string of the molecule is O=c1oc(C2(c3nc4ccc(Cl)cc4c(=O)o3)CCCCC2)nc2ccc(Cl)cc12. The number of nitrogens with zero attached hydrogens (tertiary/aromatic N) is 2. The van der Waals surface area contributed by atoms with Crippen molar-refractivity contribution in [1.82, 2.24) is 9.97 Å². The molecule has 30 heavy (non-hydrogen) atoms. The molecule has 1 saturated carbocycles. The fourth-order valence-corrected chi connectivity index (χ4v) is 4.52. The molecule has 0 bridgehead atoms. The predicted molar refractivity (Wildman–Crippen MR) is 114 cm³/mol. The summed E-state index contributed by atoms with van der Waals surface area (Å²) in [7, 11) is 0. The van der Waals surface area contributed by atoms with Gasteiger partial charge in [0.25, 0.3) is 0 Å². The van der Waals surface area contributed by atoms with E-state index in [1.807, 2.05) is 0 Å². The Balaban J connectivity index is 1.77. The molecule has 0 saturated heterocycles. The van der Waals surface area contributed by atoms with Crippen molar-refractivity contribution < 1.29 is 8.83 Å². The monoisotopic (exact) mass is 442 g/mol. The van der Waals surface area contributed by atoms with Gasteiger partial charge in [0.05, 0.1) is 21.8 Å². The minimum absolute atomic E-state index is 0.214. The smallest absolute Gasteiger partial charge is 0.346 e. The van der Waals surface area contributed by atoms with Crippen LogP contribution in [-0.4, -0.2) is 9.97 Å². The molecule has 2 heterocycles. The number of aromatic nitrogens is 2. The fraction of sp³-hybridized carbons (Fsp3) is 0.273. The number of rotatable bonds is 2. The zero-order valence-electron chi connectivity index (χ0n) is 15.8. The summed E-state index contributed by atoms with van der Waals surface area (Å²) in [5.41, 5.74) is -0.996. The van der Waals surface area contributed by atoms with Crippen LogP contribution in [-0.2, 0) is 5.41 Å². The average molecular weight is 443 g/mol. The maximum atomic E-state index is 12.7. The van der Waals surface area contributed by atoms with E-state index >= 15 is 0 Å². The van der Waals surface area contributed by atoms with Crippen LogP contribution >= 0.6 is 23.2 Å². The maximum absolute atomic E-state index is 12.7. The first-order valence-corrected chi connectivity index (χ1v) is 10.4. The molecular formula is C22H16Cl2N2O4. The van der Waals surface area contributed by atoms with E-state index in [4.69, 9.17) is 32.0 Å². The highest BCUT2D eigenvalue weighted by molar-refractivity contribution is 6.31. The molecule has 2 aromatic carbocycles. The Morgan fingerprint density at radius 2 is 1.20 bits per heavy atom. The molecule has 0 N–H and O–H groups in total. The van der Waals surface area contributed by atoms with E-state index in [2.05, 4.69) is 9.97 Å². The molecule has 1 aliphatic carbocycles. The van der Waals surface area contributed by atoms with E-state index in [1.165, 1.54) is 12.1 Å². The number of halogens is 2. The number of hydrogen-bond acceptors (Lipinski definition) is 6. The molecule has 1 fully saturated rings. The summed E-state index contributed by atoms with van der Waals surface area (Å²) in [5, 5.41) is 1.47. The normalized spacial score (nSPS) is 16.2. The summed E-state index contributed by atoms with van der Waals surface area (Å²) in [6.45, 7) is 0. The zero-order chi connectivity index (χ0) is 20.9. The van der Waals surface area contributed by atoms with Crippen molar-refractivity contribution in [2.45, 2.75) is 37.5 Å². The Hall–Kier alpha value is -2.70. The second-order valence-corrected chi connectivity index (χ2v) is 8.45. The van der Waals surface area contributed by atoms with Crippen LogP contribution in [0.1, 0.15) is 43.9 Å². The Bertz CT molecular complexity index is 1300. The summed E-state index contributed by atoms with van der Waals surface area (Å²) in [4.78, 5) is 34.6. The number of hydrogen-bond donors (Lipinski definition) is 0. The molecule has 0 aliphatic heterocycles. The van der Waals surface area contributed by atoms with Crippen LogP contribution in [0.25, 0.3) is 21.8 Å². The average Bonchev–Trinajstić information content (AvgIpc) is 2.75. The third kappa shape index (κ3) is 3.11. The fourth-order valence-electron chi connectivity index (χ4n) is 4.17. The lowest BCUT2D eigenvalue weighted by Crippen LogP contribution is -2.34. The van der Waals surface area contributed by atoms with Gasteiger partial charge in [-0.05, 0) is 49.2 Å². The van der Waals surface area contributed by atoms with E-state index in [1.54, 1.807) is 24.3 Å². The van der Waals surface area contributed by atoms with Gasteiger partial charge >= 0.3 is 11.3 Å². The Kier molecular flexibility index (Phi) is 4.64. The third-order valence-corrected chi connectivity index (χ3v) is 6.18. The van der Waals surface area contributed by atoms with Crippen molar-refractivity contribution >= 4 is 45.0 Å². The van der Waals surface area contributed by atoms with Gasteiger partial charge < -0.3 is 8.83 Å². The second-order valence-electron chi connectivity index (χ2n) is 7.58. The maximum Gasteiger partial charge on any atom is 0.346 e. The van der Waals surface area contributed by atoms with E-state index in [0.717, 1.165) is 19.3 Å². The number of benzene rings is 2. The van der Waals surface area contributed by atoms with Crippen LogP contribution in [0.5, 0.6) is 0 Å². The molecule has 0 unspecified atom stereocenters. The van der Waals surface area contributed by atoms with Crippen molar-refractivity contribution in [2.24, 2.45) is 0 Å². The lowest BCUT2D eigenvalue weighted by molar-refractivity contribution is 0.214. The van der Waals surface area contributed by atoms with Gasteiger partial charge in [0.2, 0.25) is 11.8 Å². The molecule has 6 nitrogen and oxygen atoms in total. The third-order valence-electron chi connectivity index (χ3n) is 5.71. The quantitative estimate of drug-likeness (QED) is 0.421. The molecule has 152 valence electrons. The van der Waals surface area contributed by atoms with Crippen molar-refractivity contribution in [3.8, 4) is 0 Å². The van der Waals surface area contributed by atoms with Crippen molar-refractivity contribution in [3.05, 3.63) is 79.1 Å². The molecular weight excluding hydrogens is 427 g/mol. The first-order chi connectivity index (χ1) is 14.5. The molecule has 0 radical (unpaired) electrons. The summed E-state index contributed by atoms with van der Waals surface area (Å²) in [6.07, 6.45) is 3.99. The van der Waals surface area contributed by atoms with Gasteiger partial charge in [-0.2, -0.15) is 0 Å². The standard InChI is InChI=1S/C22H16Cl2N2O4/c23-12-4-6-16-14(10-12)18(27)29-20(25-16)22(8-2-1-3-9-22)21-26-17-7-5-13(24)11-15(17)19(28)30-21/h4-7,10-11H,1-3,8-9H2. The van der Waals surface area contributed by atoms with Gasteiger partial charge in [-0.15, -0.1) is 0 Å². The lowest BCUT2D eigenvalue weighted by atomic mass is 9.73. The first-order valence-electron chi connectivity index (χ1n) is 9.68. The van der Waals surface area contributed by atoms with Crippen molar-refractivity contribution in [3.63, 3.8) is 0 Å². The van der Waals surface area contributed by atoms with Crippen LogP contribution in [0.15, 0.2) is 54.8 Å². The summed E-state index contributed by atoms with van der Waals surface area (Å²) in [6, 6.07) is 9.77. The van der Waals surface area contributed by atoms with Gasteiger partial charge in [-0.1, -0.05) is 42.5 Å². The van der Waals surface area contributed by atoms with Crippen LogP contribution in [0.3, 0.4) is 0 Å². The highest BCUT2D eigenvalue weighted by Gasteiger charge is 2.44. The summed E-state index contributed by atoms with van der Waals surface area (Å²) >= 11 is 12.0. The largest absolute Gasteiger partial charge is 0.407 e. The molecule has 5 rings (SSSR count). The van der Waals surface area contributed by atoms with Crippen LogP contribution in [0, 0.1) is 0 Å². The van der Waals surface area contributed by atoms with Crippen molar-refractivity contribution in [2.75, 3.05) is 0 Å². The molecule has 1 aliphatic rings. The highest BCUT2D eigenvalue weighted by atomic mass is 35.5. The van der Waals surface area contributed by atoms with Crippen LogP contribution in [0.2, 0.25) is 10.0 Å². The Morgan fingerprint density at radius 1 is 0.733 bits per heavy atom. The molecule has 0 spiro atoms. The minimum atomic E-state index is -0.891. The highest BCUT2D eigenvalue weighted by Crippen LogP contribution is 2.43. The van der Waals surface area contributed by atoms with Crippen LogP contribution in [0.4, 0.5) is 0 Å². The number of fused-ring (bicyclic) bond motifs is 2. The van der Waals surface area contributed by atoms with Gasteiger partial charge in [-0.25, -0.2) is 19.6 Å². The minimum Gasteiger partial charge on any atom is -0.407 e.